The maximum Gasteiger partial charge on any atom is 0.250 e. The van der Waals surface area contributed by atoms with Crippen molar-refractivity contribution < 1.29 is 13.9 Å². The van der Waals surface area contributed by atoms with E-state index in [1.54, 1.807) is 7.11 Å². The van der Waals surface area contributed by atoms with Gasteiger partial charge in [0.25, 0.3) is 8.32 Å². The van der Waals surface area contributed by atoms with Crippen molar-refractivity contribution in [1.29, 1.82) is 0 Å². The van der Waals surface area contributed by atoms with Crippen molar-refractivity contribution in [2.75, 3.05) is 13.7 Å². The van der Waals surface area contributed by atoms with E-state index >= 15 is 0 Å². The molecule has 0 bridgehead atoms. The lowest BCUT2D eigenvalue weighted by molar-refractivity contribution is 0.337. The quantitative estimate of drug-likeness (QED) is 0.353. The van der Waals surface area contributed by atoms with Crippen LogP contribution in [0.15, 0.2) is 30.3 Å². The first kappa shape index (κ1) is 23.1. The molecule has 0 radical (unpaired) electrons. The molecule has 2 rings (SSSR count). The van der Waals surface area contributed by atoms with Crippen molar-refractivity contribution in [3.05, 3.63) is 52.6 Å². The molecule has 0 saturated heterocycles. The van der Waals surface area contributed by atoms with Gasteiger partial charge in [-0.05, 0) is 79.4 Å². The maximum atomic E-state index is 6.53. The molecular formula is C25H36O3Si. The van der Waals surface area contributed by atoms with E-state index in [1.165, 1.54) is 11.1 Å². The molecule has 3 nitrogen and oxygen atoms in total. The second kappa shape index (κ2) is 9.08. The molecule has 0 fully saturated rings. The predicted molar refractivity (Wildman–Crippen MR) is 127 cm³/mol. The first-order valence-electron chi connectivity index (χ1n) is 10.3. The fourth-order valence-electron chi connectivity index (χ4n) is 2.75. The van der Waals surface area contributed by atoms with Crippen LogP contribution in [-0.4, -0.2) is 22.0 Å². The van der Waals surface area contributed by atoms with Crippen LogP contribution >= 0.6 is 0 Å². The van der Waals surface area contributed by atoms with Crippen LogP contribution in [0.4, 0.5) is 0 Å². The monoisotopic (exact) mass is 412 g/mol. The Morgan fingerprint density at radius 3 is 2.10 bits per heavy atom. The molecule has 0 spiro atoms. The summed E-state index contributed by atoms with van der Waals surface area (Å²) in [5.41, 5.74) is 4.63. The minimum atomic E-state index is -1.95. The third kappa shape index (κ3) is 5.66. The number of hydrogen-bond acceptors (Lipinski definition) is 3. The Balaban J connectivity index is 2.35. The first-order chi connectivity index (χ1) is 13.5. The zero-order chi connectivity index (χ0) is 21.8. The minimum Gasteiger partial charge on any atom is -0.541 e. The molecule has 0 aromatic heterocycles. The van der Waals surface area contributed by atoms with Gasteiger partial charge < -0.3 is 13.9 Å². The summed E-state index contributed by atoms with van der Waals surface area (Å²) in [6, 6.07) is 10.4. The highest BCUT2D eigenvalue weighted by molar-refractivity contribution is 6.74. The predicted octanol–water partition coefficient (Wildman–Crippen LogP) is 7.27. The smallest absolute Gasteiger partial charge is 0.250 e. The van der Waals surface area contributed by atoms with Crippen LogP contribution in [0.3, 0.4) is 0 Å². The lowest BCUT2D eigenvalue weighted by Crippen LogP contribution is -2.43. The van der Waals surface area contributed by atoms with E-state index in [1.807, 2.05) is 13.0 Å². The van der Waals surface area contributed by atoms with Gasteiger partial charge >= 0.3 is 0 Å². The summed E-state index contributed by atoms with van der Waals surface area (Å²) < 4.78 is 17.9. The van der Waals surface area contributed by atoms with E-state index in [-0.39, 0.29) is 5.04 Å². The third-order valence-corrected chi connectivity index (χ3v) is 10.1. The minimum absolute atomic E-state index is 0.124. The fraction of sp³-hybridized carbons (Fsp3) is 0.440. The zero-order valence-electron chi connectivity index (χ0n) is 19.5. The molecule has 0 amide bonds. The van der Waals surface area contributed by atoms with E-state index < -0.39 is 8.32 Å². The van der Waals surface area contributed by atoms with Gasteiger partial charge in [0, 0.05) is 0 Å². The van der Waals surface area contributed by atoms with Crippen LogP contribution in [-0.2, 0) is 0 Å². The summed E-state index contributed by atoms with van der Waals surface area (Å²) >= 11 is 0. The largest absolute Gasteiger partial charge is 0.541 e. The SMILES string of the molecule is CCOc1cc(/C=C\c2ccc(OC)c(O[Si](C)(C)C(C)(C)C)c2)cc(C)c1C. The van der Waals surface area contributed by atoms with Crippen molar-refractivity contribution in [2.24, 2.45) is 0 Å². The van der Waals surface area contributed by atoms with Crippen LogP contribution in [0.5, 0.6) is 17.2 Å². The van der Waals surface area contributed by atoms with Gasteiger partial charge in [0.2, 0.25) is 0 Å². The first-order valence-corrected chi connectivity index (χ1v) is 13.2. The van der Waals surface area contributed by atoms with E-state index in [0.29, 0.717) is 6.61 Å². The maximum absolute atomic E-state index is 6.53. The molecule has 0 saturated carbocycles. The van der Waals surface area contributed by atoms with Gasteiger partial charge in [-0.2, -0.15) is 0 Å². The van der Waals surface area contributed by atoms with Crippen LogP contribution in [0, 0.1) is 13.8 Å². The molecule has 29 heavy (non-hydrogen) atoms. The average molecular weight is 413 g/mol. The standard InChI is InChI=1S/C25H36O3Si/c1-10-27-23-17-21(15-18(2)19(23)3)12-11-20-13-14-22(26-7)24(16-20)28-29(8,9)25(4,5)6/h11-17H,10H2,1-9H3/b12-11-. The summed E-state index contributed by atoms with van der Waals surface area (Å²) in [6.07, 6.45) is 4.23. The Kier molecular flexibility index (Phi) is 7.23. The average Bonchev–Trinajstić information content (AvgIpc) is 2.63. The fourth-order valence-corrected chi connectivity index (χ4v) is 3.77. The van der Waals surface area contributed by atoms with Crippen molar-refractivity contribution in [1.82, 2.24) is 0 Å². The molecule has 0 aliphatic heterocycles. The van der Waals surface area contributed by atoms with Crippen molar-refractivity contribution in [3.8, 4) is 17.2 Å². The summed E-state index contributed by atoms with van der Waals surface area (Å²) in [7, 11) is -0.266. The number of benzene rings is 2. The number of hydrogen-bond donors (Lipinski definition) is 0. The highest BCUT2D eigenvalue weighted by Crippen LogP contribution is 2.40. The van der Waals surface area contributed by atoms with Gasteiger partial charge in [0.1, 0.15) is 11.5 Å². The van der Waals surface area contributed by atoms with Crippen molar-refractivity contribution in [3.63, 3.8) is 0 Å². The number of rotatable bonds is 7. The second-order valence-corrected chi connectivity index (χ2v) is 13.7. The van der Waals surface area contributed by atoms with Crippen LogP contribution in [0.2, 0.25) is 18.1 Å². The van der Waals surface area contributed by atoms with Gasteiger partial charge in [0.05, 0.1) is 13.7 Å². The zero-order valence-corrected chi connectivity index (χ0v) is 20.5. The molecule has 4 heteroatoms. The van der Waals surface area contributed by atoms with E-state index in [4.69, 9.17) is 13.9 Å². The van der Waals surface area contributed by atoms with Gasteiger partial charge in [-0.15, -0.1) is 0 Å². The second-order valence-electron chi connectivity index (χ2n) is 9.00. The Hall–Kier alpha value is -2.20. The van der Waals surface area contributed by atoms with E-state index in [2.05, 4.69) is 84.1 Å². The van der Waals surface area contributed by atoms with Gasteiger partial charge in [-0.25, -0.2) is 0 Å². The Morgan fingerprint density at radius 1 is 0.897 bits per heavy atom. The number of aryl methyl sites for hydroxylation is 1. The summed E-state index contributed by atoms with van der Waals surface area (Å²) in [5.74, 6) is 2.54. The molecule has 2 aromatic carbocycles. The molecular weight excluding hydrogens is 376 g/mol. The molecule has 0 atom stereocenters. The lowest BCUT2D eigenvalue weighted by atomic mass is 10.0. The molecule has 0 heterocycles. The van der Waals surface area contributed by atoms with Gasteiger partial charge in [0.15, 0.2) is 5.75 Å². The van der Waals surface area contributed by atoms with Crippen LogP contribution < -0.4 is 13.9 Å². The molecule has 2 aromatic rings. The number of methoxy groups -OCH3 is 1. The molecule has 0 unspecified atom stereocenters. The molecule has 0 aliphatic rings. The molecule has 0 N–H and O–H groups in total. The van der Waals surface area contributed by atoms with Crippen LogP contribution in [0.1, 0.15) is 49.9 Å². The van der Waals surface area contributed by atoms with E-state index in [0.717, 1.165) is 28.4 Å². The number of ether oxygens (including phenoxy) is 2. The third-order valence-electron chi connectivity index (χ3n) is 5.77. The molecule has 158 valence electrons. The van der Waals surface area contributed by atoms with Crippen molar-refractivity contribution >= 4 is 20.5 Å². The van der Waals surface area contributed by atoms with Crippen LogP contribution in [0.25, 0.3) is 12.2 Å². The Labute approximate surface area is 177 Å². The molecule has 0 aliphatic carbocycles. The highest BCUT2D eigenvalue weighted by Gasteiger charge is 2.39. The van der Waals surface area contributed by atoms with E-state index in [9.17, 15) is 0 Å². The Morgan fingerprint density at radius 2 is 1.52 bits per heavy atom. The highest BCUT2D eigenvalue weighted by atomic mass is 28.4. The normalized spacial score (nSPS) is 12.3. The van der Waals surface area contributed by atoms with Gasteiger partial charge in [-0.1, -0.05) is 45.1 Å². The lowest BCUT2D eigenvalue weighted by Gasteiger charge is -2.36. The Bertz CT molecular complexity index is 876. The topological polar surface area (TPSA) is 27.7 Å². The van der Waals surface area contributed by atoms with Crippen molar-refractivity contribution in [2.45, 2.75) is 59.7 Å². The summed E-state index contributed by atoms with van der Waals surface area (Å²) in [5, 5.41) is 0.124. The van der Waals surface area contributed by atoms with Gasteiger partial charge in [-0.3, -0.25) is 0 Å². The summed E-state index contributed by atoms with van der Waals surface area (Å²) in [4.78, 5) is 0. The summed E-state index contributed by atoms with van der Waals surface area (Å²) in [6.45, 7) is 18.1.